The van der Waals surface area contributed by atoms with E-state index in [1.54, 1.807) is 23.5 Å². The summed E-state index contributed by atoms with van der Waals surface area (Å²) in [5, 5.41) is 9.95. The molecule has 2 aliphatic rings. The summed E-state index contributed by atoms with van der Waals surface area (Å²) in [7, 11) is 0. The highest BCUT2D eigenvalue weighted by Crippen LogP contribution is 2.32. The maximum atomic E-state index is 14.1. The van der Waals surface area contributed by atoms with Gasteiger partial charge in [-0.2, -0.15) is 0 Å². The summed E-state index contributed by atoms with van der Waals surface area (Å²) in [4.78, 5) is 28.0. The minimum absolute atomic E-state index is 0.185. The number of hydrogen-bond donors (Lipinski definition) is 1. The van der Waals surface area contributed by atoms with Crippen molar-refractivity contribution in [3.05, 3.63) is 64.8 Å². The predicted octanol–water partition coefficient (Wildman–Crippen LogP) is 3.66. The normalized spacial score (nSPS) is 16.4. The van der Waals surface area contributed by atoms with Gasteiger partial charge in [-0.25, -0.2) is 9.71 Å². The van der Waals surface area contributed by atoms with Crippen LogP contribution in [0.4, 0.5) is 15.8 Å². The van der Waals surface area contributed by atoms with Gasteiger partial charge in [-0.1, -0.05) is 12.1 Å². The fourth-order valence-electron chi connectivity index (χ4n) is 4.48. The molecule has 0 saturated carbocycles. The van der Waals surface area contributed by atoms with Gasteiger partial charge in [0.1, 0.15) is 5.82 Å². The van der Waals surface area contributed by atoms with Crippen molar-refractivity contribution in [2.45, 2.75) is 13.3 Å². The van der Waals surface area contributed by atoms with E-state index in [0.29, 0.717) is 11.4 Å². The fourth-order valence-corrected chi connectivity index (χ4v) is 5.31. The number of anilines is 1. The van der Waals surface area contributed by atoms with Crippen LogP contribution < -0.4 is 15.5 Å². The molecule has 3 heterocycles. The first-order valence-corrected chi connectivity index (χ1v) is 11.9. The topological polar surface area (TPSA) is 66.8 Å². The van der Waals surface area contributed by atoms with Crippen molar-refractivity contribution in [3.63, 3.8) is 0 Å². The SMILES string of the molecule is CC(=O)NC1=CC(=O)[N]c2cc(CCN3CCN(c4cc(F)cc5sccc45)CC3)ccc21. The highest BCUT2D eigenvalue weighted by atomic mass is 32.1. The summed E-state index contributed by atoms with van der Waals surface area (Å²) in [6.07, 6.45) is 2.19. The molecule has 2 aliphatic heterocycles. The number of piperazine rings is 1. The predicted molar refractivity (Wildman–Crippen MR) is 129 cm³/mol. The second kappa shape index (κ2) is 8.96. The van der Waals surface area contributed by atoms with E-state index >= 15 is 0 Å². The number of halogens is 1. The smallest absolute Gasteiger partial charge is 0.272 e. The van der Waals surface area contributed by atoms with Gasteiger partial charge >= 0.3 is 0 Å². The lowest BCUT2D eigenvalue weighted by atomic mass is 10.0. The molecule has 5 rings (SSSR count). The van der Waals surface area contributed by atoms with Crippen molar-refractivity contribution in [1.82, 2.24) is 15.5 Å². The van der Waals surface area contributed by atoms with E-state index in [4.69, 9.17) is 0 Å². The molecule has 1 N–H and O–H groups in total. The molecule has 33 heavy (non-hydrogen) atoms. The molecule has 1 aromatic heterocycles. The van der Waals surface area contributed by atoms with Gasteiger partial charge in [-0.15, -0.1) is 11.3 Å². The monoisotopic (exact) mass is 463 g/mol. The lowest BCUT2D eigenvalue weighted by Crippen LogP contribution is -2.47. The number of nitrogens with zero attached hydrogens (tertiary/aromatic N) is 3. The Morgan fingerprint density at radius 1 is 1.15 bits per heavy atom. The number of rotatable bonds is 5. The number of carbonyl (C=O) groups is 2. The number of carbonyl (C=O) groups excluding carboxylic acids is 2. The number of benzene rings is 2. The van der Waals surface area contributed by atoms with E-state index < -0.39 is 0 Å². The fraction of sp³-hybridized carbons (Fsp3) is 0.280. The molecule has 1 saturated heterocycles. The molecule has 2 amide bonds. The van der Waals surface area contributed by atoms with Crippen molar-refractivity contribution in [1.29, 1.82) is 0 Å². The van der Waals surface area contributed by atoms with Crippen LogP contribution in [0.15, 0.2) is 47.9 Å². The summed E-state index contributed by atoms with van der Waals surface area (Å²) in [6.45, 7) is 5.84. The van der Waals surface area contributed by atoms with Gasteiger partial charge < -0.3 is 10.2 Å². The minimum atomic E-state index is -0.364. The zero-order valence-corrected chi connectivity index (χ0v) is 19.1. The molecule has 3 aromatic rings. The molecule has 0 atom stereocenters. The highest BCUT2D eigenvalue weighted by molar-refractivity contribution is 7.17. The van der Waals surface area contributed by atoms with Gasteiger partial charge in [0.15, 0.2) is 0 Å². The van der Waals surface area contributed by atoms with Crippen molar-refractivity contribution >= 4 is 50.3 Å². The summed E-state index contributed by atoms with van der Waals surface area (Å²) in [6, 6.07) is 11.2. The van der Waals surface area contributed by atoms with Gasteiger partial charge in [0, 0.05) is 67.1 Å². The Balaban J connectivity index is 1.21. The third-order valence-corrected chi connectivity index (χ3v) is 6.97. The largest absolute Gasteiger partial charge is 0.368 e. The summed E-state index contributed by atoms with van der Waals surface area (Å²) in [5.74, 6) is -0.769. The Morgan fingerprint density at radius 2 is 1.97 bits per heavy atom. The van der Waals surface area contributed by atoms with E-state index in [1.165, 1.54) is 13.0 Å². The van der Waals surface area contributed by atoms with Crippen molar-refractivity contribution in [3.8, 4) is 0 Å². The Labute approximate surface area is 195 Å². The molecule has 6 nitrogen and oxygen atoms in total. The molecular formula is C25H24FN4O2S. The number of thiophene rings is 1. The van der Waals surface area contributed by atoms with Gasteiger partial charge in [0.05, 0.1) is 11.4 Å². The second-order valence-corrected chi connectivity index (χ2v) is 9.32. The van der Waals surface area contributed by atoms with Crippen LogP contribution in [0.2, 0.25) is 0 Å². The van der Waals surface area contributed by atoms with Crippen molar-refractivity contribution in [2.75, 3.05) is 37.6 Å². The van der Waals surface area contributed by atoms with Crippen LogP contribution in [0.5, 0.6) is 0 Å². The van der Waals surface area contributed by atoms with E-state index in [0.717, 1.165) is 66.0 Å². The van der Waals surface area contributed by atoms with Crippen LogP contribution in [-0.4, -0.2) is 49.4 Å². The first kappa shape index (κ1) is 21.6. The molecule has 1 radical (unpaired) electrons. The first-order chi connectivity index (χ1) is 16.0. The molecule has 169 valence electrons. The molecule has 0 unspecified atom stereocenters. The maximum absolute atomic E-state index is 14.1. The molecule has 0 aliphatic carbocycles. The molecule has 0 spiro atoms. The Bertz CT molecular complexity index is 1260. The van der Waals surface area contributed by atoms with Crippen LogP contribution in [-0.2, 0) is 16.0 Å². The van der Waals surface area contributed by atoms with Gasteiger partial charge in [0.25, 0.3) is 5.91 Å². The third-order valence-electron chi connectivity index (χ3n) is 6.11. The minimum Gasteiger partial charge on any atom is -0.368 e. The molecule has 0 bridgehead atoms. The van der Waals surface area contributed by atoms with E-state index in [2.05, 4.69) is 26.5 Å². The Hall–Kier alpha value is -3.23. The Morgan fingerprint density at radius 3 is 2.76 bits per heavy atom. The average molecular weight is 464 g/mol. The summed E-state index contributed by atoms with van der Waals surface area (Å²) < 4.78 is 15.0. The summed E-state index contributed by atoms with van der Waals surface area (Å²) in [5.41, 5.74) is 3.94. The zero-order chi connectivity index (χ0) is 22.9. The highest BCUT2D eigenvalue weighted by Gasteiger charge is 2.22. The quantitative estimate of drug-likeness (QED) is 0.627. The lowest BCUT2D eigenvalue weighted by molar-refractivity contribution is -0.117. The molecule has 2 aromatic carbocycles. The van der Waals surface area contributed by atoms with Crippen LogP contribution in [0.1, 0.15) is 18.1 Å². The number of amides is 2. The number of fused-ring (bicyclic) bond motifs is 2. The maximum Gasteiger partial charge on any atom is 0.272 e. The summed E-state index contributed by atoms with van der Waals surface area (Å²) >= 11 is 1.57. The van der Waals surface area contributed by atoms with E-state index in [9.17, 15) is 14.0 Å². The second-order valence-electron chi connectivity index (χ2n) is 8.38. The van der Waals surface area contributed by atoms with E-state index in [-0.39, 0.29) is 17.6 Å². The van der Waals surface area contributed by atoms with E-state index in [1.807, 2.05) is 23.6 Å². The van der Waals surface area contributed by atoms with Crippen LogP contribution in [0.25, 0.3) is 15.8 Å². The zero-order valence-electron chi connectivity index (χ0n) is 18.3. The van der Waals surface area contributed by atoms with Crippen molar-refractivity contribution < 1.29 is 14.0 Å². The number of hydrogen-bond acceptors (Lipinski definition) is 5. The van der Waals surface area contributed by atoms with Gasteiger partial charge in [0.2, 0.25) is 5.91 Å². The van der Waals surface area contributed by atoms with Crippen LogP contribution in [0, 0.1) is 5.82 Å². The molecule has 8 heteroatoms. The standard InChI is InChI=1S/C25H24FN4O2S/c1-16(31)27-22-15-25(32)28-21-12-17(2-3-19(21)22)4-6-29-7-9-30(10-8-29)23-13-18(26)14-24-20(23)5-11-33-24/h2-3,5,11-15H,4,6-10H2,1H3,(H,27,31). The molecule has 1 fully saturated rings. The van der Waals surface area contributed by atoms with Crippen LogP contribution in [0.3, 0.4) is 0 Å². The van der Waals surface area contributed by atoms with Crippen molar-refractivity contribution in [2.24, 2.45) is 0 Å². The molecular weight excluding hydrogens is 439 g/mol. The Kier molecular flexibility index (Phi) is 5.86. The van der Waals surface area contributed by atoms with Crippen LogP contribution >= 0.6 is 11.3 Å². The van der Waals surface area contributed by atoms with Gasteiger partial charge in [-0.05, 0) is 41.6 Å². The first-order valence-electron chi connectivity index (χ1n) is 11.0. The number of nitrogens with one attached hydrogen (secondary N) is 1. The third kappa shape index (κ3) is 4.62. The van der Waals surface area contributed by atoms with Gasteiger partial charge in [-0.3, -0.25) is 14.5 Å². The lowest BCUT2D eigenvalue weighted by Gasteiger charge is -2.36. The average Bonchev–Trinajstić information content (AvgIpc) is 3.25.